The first kappa shape index (κ1) is 27.6. The van der Waals surface area contributed by atoms with Gasteiger partial charge in [-0.1, -0.05) is 13.3 Å². The van der Waals surface area contributed by atoms with Gasteiger partial charge in [0.05, 0.1) is 19.3 Å². The molecule has 0 bridgehead atoms. The zero-order valence-corrected chi connectivity index (χ0v) is 13.3. The number of aliphatic hydroxyl groups excluding tert-OH is 2. The molecular formula is C13H28O8. The molecule has 0 aliphatic heterocycles. The fraction of sp³-hybridized carbons (Fsp3) is 0.769. The van der Waals surface area contributed by atoms with Crippen LogP contribution in [0, 0.1) is 0 Å². The van der Waals surface area contributed by atoms with Gasteiger partial charge >= 0.3 is 5.97 Å². The summed E-state index contributed by atoms with van der Waals surface area (Å²) in [7, 11) is 0. The summed E-state index contributed by atoms with van der Waals surface area (Å²) in [5.74, 6) is -1.85. The molecule has 4 N–H and O–H groups in total. The summed E-state index contributed by atoms with van der Waals surface area (Å²) in [6, 6.07) is 0. The van der Waals surface area contributed by atoms with Crippen LogP contribution in [0.5, 0.6) is 0 Å². The molecule has 0 aromatic carbocycles. The van der Waals surface area contributed by atoms with E-state index in [1.54, 1.807) is 0 Å². The predicted molar refractivity (Wildman–Crippen MR) is 76.9 cm³/mol. The molecule has 0 aromatic rings. The number of carboxylic acid groups (broad SMARTS) is 2. The lowest BCUT2D eigenvalue weighted by Gasteiger charge is -1.96. The summed E-state index contributed by atoms with van der Waals surface area (Å²) in [5, 5.41) is 30.8. The van der Waals surface area contributed by atoms with Crippen molar-refractivity contribution in [3.8, 4) is 0 Å². The Hall–Kier alpha value is -1.67. The Morgan fingerprint density at radius 2 is 1.33 bits per heavy atom. The molecule has 8 heteroatoms. The number of aliphatic hydroxyl groups is 2. The molecule has 0 fully saturated rings. The Morgan fingerprint density at radius 3 is 1.48 bits per heavy atom. The Kier molecular flexibility index (Phi) is 30.8. The van der Waals surface area contributed by atoms with Gasteiger partial charge in [-0.2, -0.15) is 0 Å². The zero-order valence-electron chi connectivity index (χ0n) is 13.3. The molecule has 0 rings (SSSR count). The minimum atomic E-state index is -0.833. The second-order valence-corrected chi connectivity index (χ2v) is 3.76. The summed E-state index contributed by atoms with van der Waals surface area (Å²) >= 11 is 0. The van der Waals surface area contributed by atoms with Crippen LogP contribution in [0.1, 0.15) is 47.5 Å². The molecule has 8 nitrogen and oxygen atoms in total. The second-order valence-electron chi connectivity index (χ2n) is 3.76. The Balaban J connectivity index is -0.0000000970. The first-order valence-corrected chi connectivity index (χ1v) is 6.32. The van der Waals surface area contributed by atoms with Gasteiger partial charge < -0.3 is 25.2 Å². The lowest BCUT2D eigenvalue weighted by Crippen LogP contribution is -2.03. The number of ether oxygens (including phenoxy) is 1. The first-order chi connectivity index (χ1) is 9.50. The van der Waals surface area contributed by atoms with Gasteiger partial charge in [-0.15, -0.1) is 0 Å². The van der Waals surface area contributed by atoms with Crippen molar-refractivity contribution in [3.05, 3.63) is 0 Å². The largest absolute Gasteiger partial charge is 0.481 e. The van der Waals surface area contributed by atoms with E-state index in [4.69, 9.17) is 30.0 Å². The minimum Gasteiger partial charge on any atom is -0.481 e. The van der Waals surface area contributed by atoms with E-state index in [0.29, 0.717) is 6.61 Å². The summed E-state index contributed by atoms with van der Waals surface area (Å²) in [6.07, 6.45) is 1.49. The quantitative estimate of drug-likeness (QED) is 0.443. The van der Waals surface area contributed by atoms with Gasteiger partial charge in [0.2, 0.25) is 0 Å². The normalized spacial score (nSPS) is 9.29. The zero-order chi connectivity index (χ0) is 17.8. The number of aliphatic carboxylic acids is 2. The average molecular weight is 312 g/mol. The van der Waals surface area contributed by atoms with Crippen LogP contribution in [0.4, 0.5) is 0 Å². The number of carbonyl (C=O) groups excluding carboxylic acids is 1. The Bertz CT molecular complexity index is 231. The standard InChI is InChI=1S/C6H12O2.C3H8O2.2C2H4O2/c1-3-4-5-8-6(2)7;1-3(5)2-4;2*1-2(3)4/h3-5H2,1-2H3;3-5H,2H2,1H3;2*1H3,(H,3,4). The summed E-state index contributed by atoms with van der Waals surface area (Å²) < 4.78 is 4.64. The average Bonchev–Trinajstić information content (AvgIpc) is 2.28. The number of rotatable bonds is 4. The number of carbonyl (C=O) groups is 3. The molecule has 0 spiro atoms. The van der Waals surface area contributed by atoms with Crippen molar-refractivity contribution in [1.29, 1.82) is 0 Å². The van der Waals surface area contributed by atoms with E-state index in [-0.39, 0.29) is 12.6 Å². The van der Waals surface area contributed by atoms with E-state index >= 15 is 0 Å². The summed E-state index contributed by atoms with van der Waals surface area (Å²) in [4.78, 5) is 28.1. The molecule has 0 aliphatic carbocycles. The van der Waals surface area contributed by atoms with Crippen LogP contribution < -0.4 is 0 Å². The van der Waals surface area contributed by atoms with E-state index in [2.05, 4.69) is 11.7 Å². The van der Waals surface area contributed by atoms with Crippen LogP contribution in [-0.4, -0.2) is 57.7 Å². The summed E-state index contributed by atoms with van der Waals surface area (Å²) in [6.45, 7) is 7.62. The van der Waals surface area contributed by atoms with Crippen molar-refractivity contribution in [2.24, 2.45) is 0 Å². The van der Waals surface area contributed by atoms with Crippen LogP contribution in [0.2, 0.25) is 0 Å². The maximum absolute atomic E-state index is 10.1. The van der Waals surface area contributed by atoms with Crippen molar-refractivity contribution < 1.29 is 39.5 Å². The highest BCUT2D eigenvalue weighted by atomic mass is 16.5. The minimum absolute atomic E-state index is 0.139. The van der Waals surface area contributed by atoms with Crippen molar-refractivity contribution in [3.63, 3.8) is 0 Å². The molecule has 0 saturated heterocycles. The van der Waals surface area contributed by atoms with Gasteiger partial charge in [-0.05, 0) is 13.3 Å². The number of esters is 1. The smallest absolute Gasteiger partial charge is 0.302 e. The van der Waals surface area contributed by atoms with E-state index in [0.717, 1.165) is 26.7 Å². The number of carboxylic acids is 2. The van der Waals surface area contributed by atoms with E-state index in [9.17, 15) is 4.79 Å². The molecule has 128 valence electrons. The van der Waals surface area contributed by atoms with E-state index in [1.807, 2.05) is 0 Å². The van der Waals surface area contributed by atoms with Gasteiger partial charge in [0.15, 0.2) is 0 Å². The van der Waals surface area contributed by atoms with Gasteiger partial charge in [-0.25, -0.2) is 0 Å². The molecular weight excluding hydrogens is 284 g/mol. The number of unbranched alkanes of at least 4 members (excludes halogenated alkanes) is 1. The van der Waals surface area contributed by atoms with Crippen molar-refractivity contribution >= 4 is 17.9 Å². The van der Waals surface area contributed by atoms with Gasteiger partial charge in [0.1, 0.15) is 0 Å². The molecule has 0 saturated carbocycles. The lowest BCUT2D eigenvalue weighted by molar-refractivity contribution is -0.141. The maximum atomic E-state index is 10.1. The highest BCUT2D eigenvalue weighted by Crippen LogP contribution is 1.86. The fourth-order valence-corrected chi connectivity index (χ4v) is 0.360. The van der Waals surface area contributed by atoms with Gasteiger partial charge in [0, 0.05) is 20.8 Å². The van der Waals surface area contributed by atoms with Gasteiger partial charge in [-0.3, -0.25) is 14.4 Å². The predicted octanol–water partition coefficient (Wildman–Crippen LogP) is 0.891. The second kappa shape index (κ2) is 23.4. The van der Waals surface area contributed by atoms with Crippen molar-refractivity contribution in [2.75, 3.05) is 13.2 Å². The molecule has 0 aliphatic rings. The van der Waals surface area contributed by atoms with Crippen molar-refractivity contribution in [1.82, 2.24) is 0 Å². The van der Waals surface area contributed by atoms with E-state index < -0.39 is 18.0 Å². The van der Waals surface area contributed by atoms with Crippen LogP contribution in [-0.2, 0) is 19.1 Å². The van der Waals surface area contributed by atoms with E-state index in [1.165, 1.54) is 13.8 Å². The molecule has 0 radical (unpaired) electrons. The topological polar surface area (TPSA) is 141 Å². The third-order valence-electron chi connectivity index (χ3n) is 1.07. The third kappa shape index (κ3) is 172. The maximum Gasteiger partial charge on any atom is 0.302 e. The molecule has 0 aromatic heterocycles. The third-order valence-corrected chi connectivity index (χ3v) is 1.07. The van der Waals surface area contributed by atoms with Crippen LogP contribution in [0.3, 0.4) is 0 Å². The highest BCUT2D eigenvalue weighted by molar-refractivity contribution is 5.65. The lowest BCUT2D eigenvalue weighted by atomic mass is 10.4. The highest BCUT2D eigenvalue weighted by Gasteiger charge is 1.88. The molecule has 0 heterocycles. The fourth-order valence-electron chi connectivity index (χ4n) is 0.360. The van der Waals surface area contributed by atoms with Crippen LogP contribution in [0.25, 0.3) is 0 Å². The Labute approximate surface area is 125 Å². The molecule has 1 atom stereocenters. The molecule has 1 unspecified atom stereocenters. The number of hydrogen-bond acceptors (Lipinski definition) is 6. The molecule has 0 amide bonds. The Morgan fingerprint density at radius 1 is 1.05 bits per heavy atom. The number of hydrogen-bond donors (Lipinski definition) is 4. The van der Waals surface area contributed by atoms with Crippen molar-refractivity contribution in [2.45, 2.75) is 53.6 Å². The van der Waals surface area contributed by atoms with Crippen LogP contribution in [0.15, 0.2) is 0 Å². The molecule has 21 heavy (non-hydrogen) atoms. The van der Waals surface area contributed by atoms with Crippen LogP contribution >= 0.6 is 0 Å². The summed E-state index contributed by atoms with van der Waals surface area (Å²) in [5.41, 5.74) is 0. The monoisotopic (exact) mass is 312 g/mol. The van der Waals surface area contributed by atoms with Gasteiger partial charge in [0.25, 0.3) is 11.9 Å². The first-order valence-electron chi connectivity index (χ1n) is 6.32. The SMILES string of the molecule is CC(=O)O.CC(=O)O.CC(O)CO.CCCCOC(C)=O.